The lowest BCUT2D eigenvalue weighted by Gasteiger charge is -2.15. The number of carbonyl (C=O) groups is 3. The van der Waals surface area contributed by atoms with E-state index in [9.17, 15) is 19.5 Å². The standard InChI is InChI=1S/C26H26N2O5/c29-23(28-17-12-16-13-26(16,14-17)24(30)31)10-5-11-27-25(32)33-15-22-20-8-3-1-6-18(20)19-7-2-4-9-21(19)22/h1-10,16-17,22H,11-15H2,(H,27,32)(H,28,29)(H,30,31)/b10-5+. The second-order valence-electron chi connectivity index (χ2n) is 9.12. The molecule has 0 spiro atoms. The van der Waals surface area contributed by atoms with Crippen molar-refractivity contribution >= 4 is 18.0 Å². The van der Waals surface area contributed by atoms with E-state index in [0.717, 1.165) is 11.1 Å². The fraction of sp³-hybridized carbons (Fsp3) is 0.346. The minimum atomic E-state index is -0.757. The second kappa shape index (κ2) is 8.39. The van der Waals surface area contributed by atoms with Gasteiger partial charge in [0.15, 0.2) is 0 Å². The van der Waals surface area contributed by atoms with E-state index in [2.05, 4.69) is 34.9 Å². The van der Waals surface area contributed by atoms with Crippen molar-refractivity contribution in [3.63, 3.8) is 0 Å². The van der Waals surface area contributed by atoms with E-state index in [-0.39, 0.29) is 36.9 Å². The molecule has 2 amide bonds. The lowest BCUT2D eigenvalue weighted by Crippen LogP contribution is -2.34. The van der Waals surface area contributed by atoms with Crippen molar-refractivity contribution in [1.82, 2.24) is 10.6 Å². The van der Waals surface area contributed by atoms with E-state index in [1.54, 1.807) is 6.08 Å². The number of nitrogens with one attached hydrogen (secondary N) is 2. The number of fused-ring (bicyclic) bond motifs is 4. The summed E-state index contributed by atoms with van der Waals surface area (Å²) in [6.45, 7) is 0.398. The summed E-state index contributed by atoms with van der Waals surface area (Å²) in [6, 6.07) is 16.2. The Bertz CT molecular complexity index is 1100. The number of benzene rings is 2. The van der Waals surface area contributed by atoms with Crippen molar-refractivity contribution in [3.8, 4) is 11.1 Å². The van der Waals surface area contributed by atoms with Crippen molar-refractivity contribution in [1.29, 1.82) is 0 Å². The zero-order chi connectivity index (χ0) is 23.0. The number of rotatable bonds is 7. The first-order valence-corrected chi connectivity index (χ1v) is 11.3. The highest BCUT2D eigenvalue weighted by Crippen LogP contribution is 2.63. The summed E-state index contributed by atoms with van der Waals surface area (Å²) in [5, 5.41) is 14.8. The smallest absolute Gasteiger partial charge is 0.407 e. The maximum Gasteiger partial charge on any atom is 0.407 e. The Hall–Kier alpha value is -3.61. The summed E-state index contributed by atoms with van der Waals surface area (Å²) in [7, 11) is 0. The zero-order valence-electron chi connectivity index (χ0n) is 18.1. The molecule has 0 bridgehead atoms. The van der Waals surface area contributed by atoms with Crippen LogP contribution in [0.25, 0.3) is 11.1 Å². The molecule has 2 saturated carbocycles. The number of carboxylic acid groups (broad SMARTS) is 1. The summed E-state index contributed by atoms with van der Waals surface area (Å²) in [5.74, 6) is -0.862. The van der Waals surface area contributed by atoms with E-state index in [0.29, 0.717) is 19.3 Å². The molecule has 3 aliphatic carbocycles. The molecule has 0 aromatic heterocycles. The maximum atomic E-state index is 12.2. The quantitative estimate of drug-likeness (QED) is 0.565. The molecule has 2 aromatic carbocycles. The summed E-state index contributed by atoms with van der Waals surface area (Å²) in [6.07, 6.45) is 4.30. The molecule has 7 nitrogen and oxygen atoms in total. The number of amides is 2. The minimum Gasteiger partial charge on any atom is -0.481 e. The molecule has 3 atom stereocenters. The van der Waals surface area contributed by atoms with Crippen LogP contribution >= 0.6 is 0 Å². The highest BCUT2D eigenvalue weighted by atomic mass is 16.5. The molecule has 7 heteroatoms. The van der Waals surface area contributed by atoms with Crippen LogP contribution in [-0.4, -0.2) is 42.3 Å². The third-order valence-electron chi connectivity index (χ3n) is 7.16. The molecule has 0 radical (unpaired) electrons. The molecular formula is C26H26N2O5. The molecule has 33 heavy (non-hydrogen) atoms. The third-order valence-corrected chi connectivity index (χ3v) is 7.16. The van der Waals surface area contributed by atoms with E-state index in [1.807, 2.05) is 24.3 Å². The molecule has 170 valence electrons. The first-order chi connectivity index (χ1) is 16.0. The lowest BCUT2D eigenvalue weighted by atomic mass is 9.98. The minimum absolute atomic E-state index is 0.00353. The van der Waals surface area contributed by atoms with Gasteiger partial charge in [0.25, 0.3) is 0 Å². The average molecular weight is 447 g/mol. The normalized spacial score (nSPS) is 24.6. The van der Waals surface area contributed by atoms with Crippen molar-refractivity contribution in [2.75, 3.05) is 13.2 Å². The zero-order valence-corrected chi connectivity index (χ0v) is 18.1. The van der Waals surface area contributed by atoms with Crippen LogP contribution in [0.15, 0.2) is 60.7 Å². The molecule has 0 aliphatic heterocycles. The number of aliphatic carboxylic acids is 1. The Morgan fingerprint density at radius 2 is 1.70 bits per heavy atom. The van der Waals surface area contributed by atoms with Gasteiger partial charge in [0, 0.05) is 24.6 Å². The topological polar surface area (TPSA) is 105 Å². The summed E-state index contributed by atoms with van der Waals surface area (Å²) in [5.41, 5.74) is 4.03. The molecule has 2 fully saturated rings. The highest BCUT2D eigenvalue weighted by molar-refractivity contribution is 5.88. The molecule has 5 rings (SSSR count). The highest BCUT2D eigenvalue weighted by Gasteiger charge is 2.65. The van der Waals surface area contributed by atoms with E-state index < -0.39 is 17.5 Å². The molecule has 0 saturated heterocycles. The van der Waals surface area contributed by atoms with Gasteiger partial charge in [-0.3, -0.25) is 9.59 Å². The molecule has 3 N–H and O–H groups in total. The fourth-order valence-electron chi connectivity index (χ4n) is 5.47. The van der Waals surface area contributed by atoms with Gasteiger partial charge in [-0.2, -0.15) is 0 Å². The number of alkyl carbamates (subject to hydrolysis) is 1. The largest absolute Gasteiger partial charge is 0.481 e. The van der Waals surface area contributed by atoms with Crippen LogP contribution in [-0.2, 0) is 14.3 Å². The number of hydrogen-bond donors (Lipinski definition) is 3. The van der Waals surface area contributed by atoms with Crippen molar-refractivity contribution in [2.24, 2.45) is 11.3 Å². The summed E-state index contributed by atoms with van der Waals surface area (Å²) >= 11 is 0. The van der Waals surface area contributed by atoms with Crippen molar-refractivity contribution in [3.05, 3.63) is 71.8 Å². The lowest BCUT2D eigenvalue weighted by molar-refractivity contribution is -0.143. The van der Waals surface area contributed by atoms with Gasteiger partial charge in [0.1, 0.15) is 6.61 Å². The first kappa shape index (κ1) is 21.2. The SMILES string of the molecule is O=C(/C=C/CNC(=O)OCC1c2ccccc2-c2ccccc21)NC1CC2CC2(C(=O)O)C1. The number of carbonyl (C=O) groups excluding carboxylic acids is 2. The van der Waals surface area contributed by atoms with Gasteiger partial charge < -0.3 is 20.5 Å². The van der Waals surface area contributed by atoms with Crippen LogP contribution in [0.5, 0.6) is 0 Å². The maximum absolute atomic E-state index is 12.2. The fourth-order valence-corrected chi connectivity index (χ4v) is 5.47. The van der Waals surface area contributed by atoms with Gasteiger partial charge in [0.05, 0.1) is 5.41 Å². The van der Waals surface area contributed by atoms with Crippen molar-refractivity contribution in [2.45, 2.75) is 31.2 Å². The third kappa shape index (κ3) is 3.99. The predicted octanol–water partition coefficient (Wildman–Crippen LogP) is 3.45. The van der Waals surface area contributed by atoms with E-state index >= 15 is 0 Å². The number of hydrogen-bond acceptors (Lipinski definition) is 4. The van der Waals surface area contributed by atoms with Gasteiger partial charge in [-0.05, 0) is 47.4 Å². The van der Waals surface area contributed by atoms with Gasteiger partial charge in [-0.1, -0.05) is 54.6 Å². The summed E-state index contributed by atoms with van der Waals surface area (Å²) in [4.78, 5) is 35.6. The molecule has 3 aliphatic rings. The van der Waals surface area contributed by atoms with Crippen LogP contribution in [0.1, 0.15) is 36.3 Å². The van der Waals surface area contributed by atoms with Crippen LogP contribution < -0.4 is 10.6 Å². The van der Waals surface area contributed by atoms with E-state index in [4.69, 9.17) is 4.74 Å². The molecular weight excluding hydrogens is 420 g/mol. The van der Waals surface area contributed by atoms with Crippen LogP contribution in [0, 0.1) is 11.3 Å². The van der Waals surface area contributed by atoms with Crippen LogP contribution in [0.3, 0.4) is 0 Å². The van der Waals surface area contributed by atoms with E-state index in [1.165, 1.54) is 17.2 Å². The Labute approximate surface area is 191 Å². The van der Waals surface area contributed by atoms with Gasteiger partial charge in [-0.15, -0.1) is 0 Å². The Kier molecular flexibility index (Phi) is 5.40. The van der Waals surface area contributed by atoms with Crippen molar-refractivity contribution < 1.29 is 24.2 Å². The molecule has 3 unspecified atom stereocenters. The van der Waals surface area contributed by atoms with Crippen LogP contribution in [0.4, 0.5) is 4.79 Å². The Balaban J connectivity index is 1.07. The monoisotopic (exact) mass is 446 g/mol. The van der Waals surface area contributed by atoms with Crippen LogP contribution in [0.2, 0.25) is 0 Å². The molecule has 2 aromatic rings. The number of ether oxygens (including phenoxy) is 1. The Morgan fingerprint density at radius 1 is 1.03 bits per heavy atom. The predicted molar refractivity (Wildman–Crippen MR) is 122 cm³/mol. The second-order valence-corrected chi connectivity index (χ2v) is 9.12. The molecule has 0 heterocycles. The average Bonchev–Trinajstić information content (AvgIpc) is 3.24. The van der Waals surface area contributed by atoms with Gasteiger partial charge in [0.2, 0.25) is 5.91 Å². The first-order valence-electron chi connectivity index (χ1n) is 11.3. The van der Waals surface area contributed by atoms with Gasteiger partial charge >= 0.3 is 12.1 Å². The summed E-state index contributed by atoms with van der Waals surface area (Å²) < 4.78 is 5.46. The number of carboxylic acids is 1. The Morgan fingerprint density at radius 3 is 2.33 bits per heavy atom. The van der Waals surface area contributed by atoms with Gasteiger partial charge in [-0.25, -0.2) is 4.79 Å².